The van der Waals surface area contributed by atoms with Crippen LogP contribution >= 0.6 is 0 Å². The normalized spacial score (nSPS) is 13.0. The summed E-state index contributed by atoms with van der Waals surface area (Å²) < 4.78 is 96.9. The van der Waals surface area contributed by atoms with E-state index in [1.807, 2.05) is 0 Å². The van der Waals surface area contributed by atoms with Crippen molar-refractivity contribution < 1.29 is 45.0 Å². The van der Waals surface area contributed by atoms with Gasteiger partial charge in [-0.1, -0.05) is 24.3 Å². The molecule has 3 aromatic rings. The molecule has 0 amide bonds. The van der Waals surface area contributed by atoms with Crippen molar-refractivity contribution in [2.45, 2.75) is 23.7 Å². The van der Waals surface area contributed by atoms with Crippen LogP contribution in [-0.4, -0.2) is 30.8 Å². The Bertz CT molecular complexity index is 1330. The molecule has 0 saturated heterocycles. The van der Waals surface area contributed by atoms with E-state index in [0.717, 1.165) is 22.5 Å². The van der Waals surface area contributed by atoms with Gasteiger partial charge in [-0.3, -0.25) is 0 Å². The molecule has 1 atom stereocenters. The number of rotatable bonds is 8. The molecule has 3 rings (SSSR count). The van der Waals surface area contributed by atoms with Crippen molar-refractivity contribution >= 4 is 16.0 Å². The molecule has 35 heavy (non-hydrogen) atoms. The van der Waals surface area contributed by atoms with Crippen LogP contribution in [0, 0.1) is 11.6 Å². The molecule has 186 valence electrons. The summed E-state index contributed by atoms with van der Waals surface area (Å²) in [5, 5.41) is 9.46. The van der Waals surface area contributed by atoms with Crippen molar-refractivity contribution in [3.05, 3.63) is 95.1 Å². The minimum Gasteiger partial charge on any atom is -0.478 e. The van der Waals surface area contributed by atoms with Crippen LogP contribution in [0.3, 0.4) is 0 Å². The summed E-state index contributed by atoms with van der Waals surface area (Å²) >= 11 is 0. The summed E-state index contributed by atoms with van der Waals surface area (Å²) in [5.41, 5.74) is -0.795. The van der Waals surface area contributed by atoms with Gasteiger partial charge in [0.1, 0.15) is 5.75 Å². The Morgan fingerprint density at radius 1 is 1.00 bits per heavy atom. The molecular formula is C23H18F5NO5S. The molecule has 0 radical (unpaired) electrons. The molecule has 0 heterocycles. The van der Waals surface area contributed by atoms with E-state index in [9.17, 15) is 40.3 Å². The number of hydrogen-bond donors (Lipinski definition) is 1. The van der Waals surface area contributed by atoms with Gasteiger partial charge in [-0.15, -0.1) is 0 Å². The largest absolute Gasteiger partial charge is 0.478 e. The van der Waals surface area contributed by atoms with Crippen LogP contribution in [0.15, 0.2) is 71.6 Å². The van der Waals surface area contributed by atoms with E-state index in [4.69, 9.17) is 4.74 Å². The first-order chi connectivity index (χ1) is 16.3. The van der Waals surface area contributed by atoms with Gasteiger partial charge in [0.05, 0.1) is 10.5 Å². The fraction of sp³-hybridized carbons (Fsp3) is 0.174. The van der Waals surface area contributed by atoms with Crippen LogP contribution < -0.4 is 4.74 Å². The van der Waals surface area contributed by atoms with E-state index in [1.54, 1.807) is 0 Å². The monoisotopic (exact) mass is 515 g/mol. The second-order valence-electron chi connectivity index (χ2n) is 7.44. The highest BCUT2D eigenvalue weighted by molar-refractivity contribution is 7.89. The zero-order valence-corrected chi connectivity index (χ0v) is 18.8. The molecule has 0 saturated carbocycles. The maximum atomic E-state index is 13.4. The van der Waals surface area contributed by atoms with E-state index in [2.05, 4.69) is 0 Å². The quantitative estimate of drug-likeness (QED) is 0.427. The number of sulfonamides is 1. The first-order valence-corrected chi connectivity index (χ1v) is 11.3. The van der Waals surface area contributed by atoms with Crippen LogP contribution in [0.4, 0.5) is 22.0 Å². The fourth-order valence-electron chi connectivity index (χ4n) is 3.11. The van der Waals surface area contributed by atoms with Gasteiger partial charge in [0.2, 0.25) is 16.1 Å². The minimum absolute atomic E-state index is 0.0182. The van der Waals surface area contributed by atoms with Crippen molar-refractivity contribution in [1.29, 1.82) is 0 Å². The predicted molar refractivity (Wildman–Crippen MR) is 114 cm³/mol. The number of ether oxygens (including phenoxy) is 1. The Balaban J connectivity index is 1.75. The lowest BCUT2D eigenvalue weighted by Gasteiger charge is -2.19. The smallest absolute Gasteiger partial charge is 0.416 e. The Hall–Kier alpha value is -3.51. The lowest BCUT2D eigenvalue weighted by atomic mass is 10.1. The topological polar surface area (TPSA) is 83.9 Å². The highest BCUT2D eigenvalue weighted by Gasteiger charge is 2.32. The molecule has 6 nitrogen and oxygen atoms in total. The number of carboxylic acid groups (broad SMARTS) is 1. The summed E-state index contributed by atoms with van der Waals surface area (Å²) in [6, 6.07) is 11.5. The first-order valence-electron chi connectivity index (χ1n) is 9.86. The average Bonchev–Trinajstić information content (AvgIpc) is 2.79. The van der Waals surface area contributed by atoms with Crippen LogP contribution in [-0.2, 0) is 27.5 Å². The van der Waals surface area contributed by atoms with E-state index < -0.39 is 50.4 Å². The molecule has 0 spiro atoms. The summed E-state index contributed by atoms with van der Waals surface area (Å²) in [6.45, 7) is -0.169. The minimum atomic E-state index is -4.66. The van der Waals surface area contributed by atoms with Gasteiger partial charge in [-0.2, -0.15) is 17.5 Å². The standard InChI is InChI=1S/C23H18F5NO5S/c1-29(35(32,33)18-9-10-19(24)20(25)12-18)13-14-5-7-17(8-6-14)34-21(22(30)31)15-3-2-4-16(11-15)23(26,27)28/h2-12,21H,13H2,1H3,(H,30,31). The molecule has 0 aliphatic heterocycles. The van der Waals surface area contributed by atoms with Gasteiger partial charge in [0, 0.05) is 19.2 Å². The van der Waals surface area contributed by atoms with Gasteiger partial charge >= 0.3 is 12.1 Å². The number of carbonyl (C=O) groups is 1. The van der Waals surface area contributed by atoms with Crippen LogP contribution in [0.2, 0.25) is 0 Å². The van der Waals surface area contributed by atoms with E-state index in [-0.39, 0.29) is 17.9 Å². The predicted octanol–water partition coefficient (Wildman–Crippen LogP) is 5.01. The molecule has 12 heteroatoms. The summed E-state index contributed by atoms with van der Waals surface area (Å²) in [4.78, 5) is 11.2. The Kier molecular flexibility index (Phi) is 7.46. The maximum absolute atomic E-state index is 13.4. The van der Waals surface area contributed by atoms with Crippen LogP contribution in [0.25, 0.3) is 0 Å². The van der Waals surface area contributed by atoms with Crippen molar-refractivity contribution in [3.63, 3.8) is 0 Å². The number of aliphatic carboxylic acids is 1. The van der Waals surface area contributed by atoms with Gasteiger partial charge in [0.25, 0.3) is 0 Å². The van der Waals surface area contributed by atoms with Gasteiger partial charge in [-0.25, -0.2) is 22.0 Å². The van der Waals surface area contributed by atoms with Gasteiger partial charge in [0.15, 0.2) is 11.6 Å². The zero-order valence-electron chi connectivity index (χ0n) is 18.0. The lowest BCUT2D eigenvalue weighted by Crippen LogP contribution is -2.26. The third kappa shape index (κ3) is 6.14. The maximum Gasteiger partial charge on any atom is 0.416 e. The molecule has 3 aromatic carbocycles. The highest BCUT2D eigenvalue weighted by atomic mass is 32.2. The average molecular weight is 515 g/mol. The molecule has 1 N–H and O–H groups in total. The Morgan fingerprint density at radius 2 is 1.66 bits per heavy atom. The van der Waals surface area contributed by atoms with E-state index in [0.29, 0.717) is 23.8 Å². The number of carboxylic acids is 1. The van der Waals surface area contributed by atoms with Crippen LogP contribution in [0.1, 0.15) is 22.8 Å². The fourth-order valence-corrected chi connectivity index (χ4v) is 4.28. The van der Waals surface area contributed by atoms with Crippen molar-refractivity contribution in [2.24, 2.45) is 0 Å². The summed E-state index contributed by atoms with van der Waals surface area (Å²) in [5.74, 6) is -3.99. The second-order valence-corrected chi connectivity index (χ2v) is 9.49. The Morgan fingerprint density at radius 3 is 2.23 bits per heavy atom. The molecule has 0 fully saturated rings. The van der Waals surface area contributed by atoms with Gasteiger partial charge in [-0.05, 0) is 48.0 Å². The third-order valence-electron chi connectivity index (χ3n) is 4.92. The van der Waals surface area contributed by atoms with Crippen molar-refractivity contribution in [2.75, 3.05) is 7.05 Å². The highest BCUT2D eigenvalue weighted by Crippen LogP contribution is 2.32. The van der Waals surface area contributed by atoms with Crippen LogP contribution in [0.5, 0.6) is 5.75 Å². The molecule has 0 aliphatic carbocycles. The Labute approximate surface area is 197 Å². The molecular weight excluding hydrogens is 497 g/mol. The summed E-state index contributed by atoms with van der Waals surface area (Å²) in [6.07, 6.45) is -6.38. The van der Waals surface area contributed by atoms with E-state index in [1.165, 1.54) is 37.4 Å². The van der Waals surface area contributed by atoms with E-state index >= 15 is 0 Å². The van der Waals surface area contributed by atoms with Crippen molar-refractivity contribution in [1.82, 2.24) is 4.31 Å². The van der Waals surface area contributed by atoms with Gasteiger partial charge < -0.3 is 9.84 Å². The number of benzene rings is 3. The number of hydrogen-bond acceptors (Lipinski definition) is 4. The molecule has 0 bridgehead atoms. The number of halogens is 5. The molecule has 0 aliphatic rings. The second kappa shape index (κ2) is 10.0. The SMILES string of the molecule is CN(Cc1ccc(OC(C(=O)O)c2cccc(C(F)(F)F)c2)cc1)S(=O)(=O)c1ccc(F)c(F)c1. The lowest BCUT2D eigenvalue weighted by molar-refractivity contribution is -0.146. The summed E-state index contributed by atoms with van der Waals surface area (Å²) in [7, 11) is -2.91. The molecule has 0 aromatic heterocycles. The zero-order chi connectivity index (χ0) is 26.0. The molecule has 1 unspecified atom stereocenters. The number of nitrogens with zero attached hydrogens (tertiary/aromatic N) is 1. The first kappa shape index (κ1) is 26.1. The number of alkyl halides is 3. The third-order valence-corrected chi connectivity index (χ3v) is 6.72. The van der Waals surface area contributed by atoms with Crippen molar-refractivity contribution in [3.8, 4) is 5.75 Å².